The summed E-state index contributed by atoms with van der Waals surface area (Å²) in [4.78, 5) is 25.3. The van der Waals surface area contributed by atoms with E-state index in [0.717, 1.165) is 5.76 Å². The van der Waals surface area contributed by atoms with Crippen LogP contribution >= 0.6 is 0 Å². The maximum Gasteiger partial charge on any atom is 0.341 e. The molecular weight excluding hydrogens is 434 g/mol. The normalized spacial score (nSPS) is 17.3. The molecule has 0 radical (unpaired) electrons. The van der Waals surface area contributed by atoms with Gasteiger partial charge in [-0.3, -0.25) is 4.79 Å². The Morgan fingerprint density at radius 2 is 1.94 bits per heavy atom. The van der Waals surface area contributed by atoms with Gasteiger partial charge in [0.1, 0.15) is 22.0 Å². The number of aryl methyl sites for hydroxylation is 1. The summed E-state index contributed by atoms with van der Waals surface area (Å²) < 4.78 is 40.8. The van der Waals surface area contributed by atoms with Crippen molar-refractivity contribution in [2.24, 2.45) is 13.0 Å². The van der Waals surface area contributed by atoms with E-state index in [1.165, 1.54) is 4.31 Å². The minimum absolute atomic E-state index is 0.0388. The fourth-order valence-electron chi connectivity index (χ4n) is 4.08. The Labute approximate surface area is 188 Å². The average molecular weight is 466 g/mol. The predicted octanol–water partition coefficient (Wildman–Crippen LogP) is 2.44. The number of furan rings is 1. The zero-order valence-electron chi connectivity index (χ0n) is 19.2. The zero-order valence-corrected chi connectivity index (χ0v) is 20.0. The molecule has 3 heterocycles. The first kappa shape index (κ1) is 24.1. The molecule has 1 unspecified atom stereocenters. The Kier molecular flexibility index (Phi) is 7.14. The molecule has 32 heavy (non-hydrogen) atoms. The van der Waals surface area contributed by atoms with E-state index in [2.05, 4.69) is 5.32 Å². The summed E-state index contributed by atoms with van der Waals surface area (Å²) in [6.07, 6.45) is 1.14. The Hall–Kier alpha value is -2.59. The third-order valence-corrected chi connectivity index (χ3v) is 8.02. The van der Waals surface area contributed by atoms with Crippen molar-refractivity contribution >= 4 is 21.9 Å². The molecule has 1 atom stereocenters. The summed E-state index contributed by atoms with van der Waals surface area (Å²) in [6, 6.07) is 3.62. The van der Waals surface area contributed by atoms with Crippen molar-refractivity contribution in [3.8, 4) is 0 Å². The molecular formula is C22H31N3O6S. The van der Waals surface area contributed by atoms with Crippen molar-refractivity contribution in [3.05, 3.63) is 40.6 Å². The molecule has 1 N–H and O–H groups in total. The molecule has 0 aliphatic carbocycles. The first-order chi connectivity index (χ1) is 15.1. The molecule has 10 heteroatoms. The lowest BCUT2D eigenvalue weighted by Gasteiger charge is -2.31. The topological polar surface area (TPSA) is 111 Å². The summed E-state index contributed by atoms with van der Waals surface area (Å²) in [5.74, 6) is 0.0457. The third-order valence-electron chi connectivity index (χ3n) is 5.99. The monoisotopic (exact) mass is 465 g/mol. The van der Waals surface area contributed by atoms with Crippen molar-refractivity contribution in [1.29, 1.82) is 0 Å². The largest absolute Gasteiger partial charge is 0.465 e. The van der Waals surface area contributed by atoms with Gasteiger partial charge in [-0.15, -0.1) is 0 Å². The number of aromatic nitrogens is 1. The number of hydrogen-bond acceptors (Lipinski definition) is 6. The van der Waals surface area contributed by atoms with Crippen molar-refractivity contribution in [1.82, 2.24) is 14.2 Å². The van der Waals surface area contributed by atoms with E-state index in [0.29, 0.717) is 36.5 Å². The predicted molar refractivity (Wildman–Crippen MR) is 118 cm³/mol. The molecule has 9 nitrogen and oxygen atoms in total. The van der Waals surface area contributed by atoms with E-state index in [-0.39, 0.29) is 36.1 Å². The molecule has 3 rings (SSSR count). The highest BCUT2D eigenvalue weighted by Gasteiger charge is 2.39. The summed E-state index contributed by atoms with van der Waals surface area (Å²) in [7, 11) is -2.29. The van der Waals surface area contributed by atoms with E-state index < -0.39 is 21.9 Å². The van der Waals surface area contributed by atoms with E-state index in [1.807, 2.05) is 13.0 Å². The minimum Gasteiger partial charge on any atom is -0.465 e. The molecule has 0 aromatic carbocycles. The fraction of sp³-hybridized carbons (Fsp3) is 0.545. The second-order valence-electron chi connectivity index (χ2n) is 8.09. The molecule has 176 valence electrons. The van der Waals surface area contributed by atoms with E-state index in [9.17, 15) is 18.0 Å². The lowest BCUT2D eigenvalue weighted by atomic mass is 9.99. The zero-order chi connectivity index (χ0) is 23.6. The van der Waals surface area contributed by atoms with Crippen molar-refractivity contribution in [2.75, 3.05) is 19.7 Å². The number of hydrogen-bond donors (Lipinski definition) is 1. The van der Waals surface area contributed by atoms with Gasteiger partial charge in [0, 0.05) is 31.5 Å². The first-order valence-corrected chi connectivity index (χ1v) is 12.2. The average Bonchev–Trinajstić information content (AvgIpc) is 3.28. The van der Waals surface area contributed by atoms with Crippen LogP contribution in [-0.2, 0) is 33.1 Å². The quantitative estimate of drug-likeness (QED) is 0.629. The van der Waals surface area contributed by atoms with Crippen LogP contribution < -0.4 is 5.32 Å². The highest BCUT2D eigenvalue weighted by molar-refractivity contribution is 7.89. The molecule has 2 aromatic rings. The minimum atomic E-state index is -4.01. The van der Waals surface area contributed by atoms with E-state index in [1.54, 1.807) is 38.5 Å². The number of ether oxygens (including phenoxy) is 1. The van der Waals surface area contributed by atoms with Crippen LogP contribution in [0, 0.1) is 26.7 Å². The Morgan fingerprint density at radius 1 is 1.22 bits per heavy atom. The lowest BCUT2D eigenvalue weighted by Crippen LogP contribution is -2.45. The van der Waals surface area contributed by atoms with Crippen molar-refractivity contribution in [2.45, 2.75) is 52.0 Å². The second-order valence-corrected chi connectivity index (χ2v) is 9.96. The molecule has 1 saturated heterocycles. The van der Waals surface area contributed by atoms with Gasteiger partial charge in [0.25, 0.3) is 0 Å². The summed E-state index contributed by atoms with van der Waals surface area (Å²) >= 11 is 0. The van der Waals surface area contributed by atoms with Crippen LogP contribution in [0.4, 0.5) is 0 Å². The van der Waals surface area contributed by atoms with Gasteiger partial charge in [0.2, 0.25) is 15.9 Å². The van der Waals surface area contributed by atoms with Crippen molar-refractivity contribution < 1.29 is 27.2 Å². The van der Waals surface area contributed by atoms with Gasteiger partial charge in [-0.1, -0.05) is 0 Å². The SMILES string of the molecule is CCOC(=O)c1c(S(=O)(=O)N2CCCC(C(=O)NCc3ccc(C)o3)C2)c(C)n(C)c1C. The number of nitrogens with zero attached hydrogens (tertiary/aromatic N) is 2. The Bertz CT molecular complexity index is 1120. The highest BCUT2D eigenvalue weighted by Crippen LogP contribution is 2.32. The van der Waals surface area contributed by atoms with Crippen molar-refractivity contribution in [3.63, 3.8) is 0 Å². The maximum atomic E-state index is 13.6. The van der Waals surface area contributed by atoms with Gasteiger partial charge < -0.3 is 19.0 Å². The Morgan fingerprint density at radius 3 is 2.56 bits per heavy atom. The summed E-state index contributed by atoms with van der Waals surface area (Å²) in [5.41, 5.74) is 1.05. The third kappa shape index (κ3) is 4.61. The summed E-state index contributed by atoms with van der Waals surface area (Å²) in [5, 5.41) is 2.83. The second kappa shape index (κ2) is 9.50. The summed E-state index contributed by atoms with van der Waals surface area (Å²) in [6.45, 7) is 7.61. The first-order valence-electron chi connectivity index (χ1n) is 10.7. The van der Waals surface area contributed by atoms with Gasteiger partial charge in [0.05, 0.1) is 19.1 Å². The number of nitrogens with one attached hydrogen (secondary N) is 1. The van der Waals surface area contributed by atoms with Crippen LogP contribution in [0.25, 0.3) is 0 Å². The molecule has 0 saturated carbocycles. The molecule has 1 aliphatic rings. The molecule has 1 aliphatic heterocycles. The number of esters is 1. The fourth-order valence-corrected chi connectivity index (χ4v) is 6.08. The Balaban J connectivity index is 1.82. The van der Waals surface area contributed by atoms with Gasteiger partial charge >= 0.3 is 5.97 Å². The molecule has 0 spiro atoms. The number of rotatable bonds is 7. The van der Waals surface area contributed by atoms with Crippen LogP contribution in [0.2, 0.25) is 0 Å². The molecule has 1 amide bonds. The van der Waals surface area contributed by atoms with Crippen LogP contribution in [0.5, 0.6) is 0 Å². The van der Waals surface area contributed by atoms with Crippen LogP contribution in [0.3, 0.4) is 0 Å². The molecule has 2 aromatic heterocycles. The number of carbonyl (C=O) groups excluding carboxylic acids is 2. The van der Waals surface area contributed by atoms with Crippen LogP contribution in [0.1, 0.15) is 53.0 Å². The highest BCUT2D eigenvalue weighted by atomic mass is 32.2. The molecule has 0 bridgehead atoms. The maximum absolute atomic E-state index is 13.6. The van der Waals surface area contributed by atoms with Crippen LogP contribution in [0.15, 0.2) is 21.4 Å². The van der Waals surface area contributed by atoms with E-state index in [4.69, 9.17) is 9.15 Å². The van der Waals surface area contributed by atoms with E-state index >= 15 is 0 Å². The van der Waals surface area contributed by atoms with Gasteiger partial charge in [0.15, 0.2) is 0 Å². The van der Waals surface area contributed by atoms with Gasteiger partial charge in [-0.2, -0.15) is 4.31 Å². The van der Waals surface area contributed by atoms with Crippen LogP contribution in [-0.4, -0.2) is 48.9 Å². The standard InChI is InChI=1S/C22H31N3O6S/c1-6-30-22(27)19-15(3)24(5)16(4)20(19)32(28,29)25-11-7-8-17(13-25)21(26)23-12-18-10-9-14(2)31-18/h9-10,17H,6-8,11-13H2,1-5H3,(H,23,26). The van der Waals surface area contributed by atoms with Gasteiger partial charge in [-0.05, 0) is 52.7 Å². The van der Waals surface area contributed by atoms with Gasteiger partial charge in [-0.25, -0.2) is 13.2 Å². The lowest BCUT2D eigenvalue weighted by molar-refractivity contribution is -0.126. The number of sulfonamides is 1. The molecule has 1 fully saturated rings. The smallest absolute Gasteiger partial charge is 0.341 e. The number of piperidine rings is 1. The number of carbonyl (C=O) groups is 2. The number of amides is 1.